The average molecular weight is 491 g/mol. The maximum absolute atomic E-state index is 12.9. The highest BCUT2D eigenvalue weighted by Crippen LogP contribution is 2.34. The molecular formula is C25H30N8OS. The summed E-state index contributed by atoms with van der Waals surface area (Å²) in [5, 5.41) is 13.8. The van der Waals surface area contributed by atoms with Crippen LogP contribution in [0.15, 0.2) is 34.7 Å². The first-order chi connectivity index (χ1) is 16.9. The van der Waals surface area contributed by atoms with Gasteiger partial charge in [-0.3, -0.25) is 14.4 Å². The molecule has 4 aromatic heterocycles. The second-order valence-corrected chi connectivity index (χ2v) is 10.0. The Labute approximate surface area is 208 Å². The van der Waals surface area contributed by atoms with Gasteiger partial charge in [0.15, 0.2) is 0 Å². The van der Waals surface area contributed by atoms with E-state index in [1.165, 1.54) is 0 Å². The van der Waals surface area contributed by atoms with Gasteiger partial charge in [-0.2, -0.15) is 10.4 Å². The molecule has 5 heterocycles. The first-order valence-electron chi connectivity index (χ1n) is 12.1. The Morgan fingerprint density at radius 1 is 1.23 bits per heavy atom. The SMILES string of the molecule is CC[C@H]1CN([C@H](C)c2ccc3ncsc3n2)[C@H](CC)CN1c1cc(=O)n(C)c2cn(CC#N)nc12. The highest BCUT2D eigenvalue weighted by Gasteiger charge is 2.36. The number of anilines is 1. The number of aryl methyl sites for hydroxylation is 1. The van der Waals surface area contributed by atoms with Crippen molar-refractivity contribution in [3.8, 4) is 6.07 Å². The number of hydrogen-bond donors (Lipinski definition) is 0. The van der Waals surface area contributed by atoms with Crippen molar-refractivity contribution in [3.05, 3.63) is 46.0 Å². The van der Waals surface area contributed by atoms with Gasteiger partial charge in [0.25, 0.3) is 5.56 Å². The molecular weight excluding hydrogens is 460 g/mol. The van der Waals surface area contributed by atoms with E-state index in [0.717, 1.165) is 58.7 Å². The van der Waals surface area contributed by atoms with Gasteiger partial charge < -0.3 is 9.47 Å². The minimum absolute atomic E-state index is 0.0650. The summed E-state index contributed by atoms with van der Waals surface area (Å²) in [5.41, 5.74) is 6.18. The Hall–Kier alpha value is -3.29. The van der Waals surface area contributed by atoms with Crippen molar-refractivity contribution in [3.63, 3.8) is 0 Å². The number of thiazole rings is 1. The fraction of sp³-hybridized carbons (Fsp3) is 0.480. The smallest absolute Gasteiger partial charge is 0.252 e. The second-order valence-electron chi connectivity index (χ2n) is 9.21. The molecule has 0 spiro atoms. The van der Waals surface area contributed by atoms with Gasteiger partial charge in [0, 0.05) is 44.3 Å². The summed E-state index contributed by atoms with van der Waals surface area (Å²) in [6.45, 7) is 8.47. The lowest BCUT2D eigenvalue weighted by Gasteiger charge is -2.49. The first kappa shape index (κ1) is 23.5. The summed E-state index contributed by atoms with van der Waals surface area (Å²) >= 11 is 1.57. The molecule has 10 heteroatoms. The molecule has 1 saturated heterocycles. The van der Waals surface area contributed by atoms with Crippen LogP contribution in [0.1, 0.15) is 45.3 Å². The van der Waals surface area contributed by atoms with Crippen LogP contribution in [0.25, 0.3) is 21.4 Å². The number of nitriles is 1. The van der Waals surface area contributed by atoms with Crippen LogP contribution in [0.3, 0.4) is 0 Å². The molecule has 182 valence electrons. The van der Waals surface area contributed by atoms with Gasteiger partial charge in [-0.1, -0.05) is 13.8 Å². The van der Waals surface area contributed by atoms with Crippen LogP contribution < -0.4 is 10.5 Å². The second kappa shape index (κ2) is 9.40. The Kier molecular flexibility index (Phi) is 6.30. The topological polar surface area (TPSA) is 95.9 Å². The fourth-order valence-electron chi connectivity index (χ4n) is 5.23. The van der Waals surface area contributed by atoms with Gasteiger partial charge in [0.1, 0.15) is 16.9 Å². The Morgan fingerprint density at radius 2 is 2.03 bits per heavy atom. The van der Waals surface area contributed by atoms with Gasteiger partial charge in [0.05, 0.1) is 40.2 Å². The van der Waals surface area contributed by atoms with Crippen molar-refractivity contribution in [2.75, 3.05) is 18.0 Å². The maximum Gasteiger partial charge on any atom is 0.252 e. The zero-order valence-electron chi connectivity index (χ0n) is 20.5. The summed E-state index contributed by atoms with van der Waals surface area (Å²) in [6.07, 6.45) is 3.72. The lowest BCUT2D eigenvalue weighted by molar-refractivity contribution is 0.0993. The van der Waals surface area contributed by atoms with Crippen LogP contribution in [-0.2, 0) is 13.6 Å². The summed E-state index contributed by atoms with van der Waals surface area (Å²) in [7, 11) is 1.76. The predicted octanol–water partition coefficient (Wildman–Crippen LogP) is 3.70. The summed E-state index contributed by atoms with van der Waals surface area (Å²) in [5.74, 6) is 0. The summed E-state index contributed by atoms with van der Waals surface area (Å²) in [6, 6.07) is 8.70. The minimum atomic E-state index is -0.0650. The van der Waals surface area contributed by atoms with Crippen LogP contribution in [-0.4, -0.2) is 54.4 Å². The monoisotopic (exact) mass is 490 g/mol. The van der Waals surface area contributed by atoms with Crippen molar-refractivity contribution in [2.24, 2.45) is 7.05 Å². The number of fused-ring (bicyclic) bond motifs is 2. The molecule has 0 unspecified atom stereocenters. The van der Waals surface area contributed by atoms with Gasteiger partial charge in [0.2, 0.25) is 0 Å². The largest absolute Gasteiger partial charge is 0.364 e. The average Bonchev–Trinajstić information content (AvgIpc) is 3.52. The summed E-state index contributed by atoms with van der Waals surface area (Å²) < 4.78 is 3.23. The molecule has 0 aromatic carbocycles. The van der Waals surface area contributed by atoms with Crippen molar-refractivity contribution < 1.29 is 0 Å². The number of piperazine rings is 1. The van der Waals surface area contributed by atoms with E-state index < -0.39 is 0 Å². The molecule has 9 nitrogen and oxygen atoms in total. The van der Waals surface area contributed by atoms with E-state index in [2.05, 4.69) is 58.9 Å². The van der Waals surface area contributed by atoms with Gasteiger partial charge in [-0.15, -0.1) is 11.3 Å². The number of nitrogens with zero attached hydrogens (tertiary/aromatic N) is 8. The third-order valence-electron chi connectivity index (χ3n) is 7.30. The molecule has 0 N–H and O–H groups in total. The first-order valence-corrected chi connectivity index (χ1v) is 13.0. The third-order valence-corrected chi connectivity index (χ3v) is 8.04. The van der Waals surface area contributed by atoms with Crippen LogP contribution in [0.5, 0.6) is 0 Å². The lowest BCUT2D eigenvalue weighted by Crippen LogP contribution is -2.58. The maximum atomic E-state index is 12.9. The normalized spacial score (nSPS) is 19.9. The molecule has 0 radical (unpaired) electrons. The lowest BCUT2D eigenvalue weighted by atomic mass is 9.98. The van der Waals surface area contributed by atoms with Crippen LogP contribution in [0, 0.1) is 11.3 Å². The zero-order chi connectivity index (χ0) is 24.7. The molecule has 0 saturated carbocycles. The number of rotatable bonds is 6. The Balaban J connectivity index is 1.51. The third kappa shape index (κ3) is 4.09. The molecule has 5 rings (SSSR count). The van der Waals surface area contributed by atoms with E-state index in [-0.39, 0.29) is 24.2 Å². The van der Waals surface area contributed by atoms with E-state index in [9.17, 15) is 4.79 Å². The fourth-order valence-corrected chi connectivity index (χ4v) is 5.90. The molecule has 0 bridgehead atoms. The molecule has 0 aliphatic carbocycles. The van der Waals surface area contributed by atoms with E-state index in [1.54, 1.807) is 39.9 Å². The van der Waals surface area contributed by atoms with Gasteiger partial charge in [-0.25, -0.2) is 9.97 Å². The Bertz CT molecular complexity index is 1460. The van der Waals surface area contributed by atoms with Crippen LogP contribution >= 0.6 is 11.3 Å². The Morgan fingerprint density at radius 3 is 2.77 bits per heavy atom. The van der Waals surface area contributed by atoms with Gasteiger partial charge in [-0.05, 0) is 31.9 Å². The standard InChI is InChI=1S/C25H30N8OS/c1-5-17-13-33(21-11-23(34)30(4)22-14-31(10-9-26)29-24(21)22)18(6-2)12-32(17)16(3)19-7-8-20-25(28-19)35-15-27-20/h7-8,11,14-18H,5-6,10,12-13H2,1-4H3/t16-,17-,18+/m1/s1. The number of aromatic nitrogens is 5. The van der Waals surface area contributed by atoms with E-state index in [0.29, 0.717) is 6.04 Å². The molecule has 3 atom stereocenters. The predicted molar refractivity (Wildman–Crippen MR) is 139 cm³/mol. The van der Waals surface area contributed by atoms with Crippen LogP contribution in [0.2, 0.25) is 0 Å². The minimum Gasteiger partial charge on any atom is -0.364 e. The summed E-state index contributed by atoms with van der Waals surface area (Å²) in [4.78, 5) is 28.0. The highest BCUT2D eigenvalue weighted by molar-refractivity contribution is 7.16. The molecule has 4 aromatic rings. The molecule has 0 amide bonds. The van der Waals surface area contributed by atoms with E-state index in [1.807, 2.05) is 5.51 Å². The van der Waals surface area contributed by atoms with Gasteiger partial charge >= 0.3 is 0 Å². The molecule has 1 fully saturated rings. The molecule has 1 aliphatic heterocycles. The van der Waals surface area contributed by atoms with Crippen molar-refractivity contribution in [1.29, 1.82) is 5.26 Å². The van der Waals surface area contributed by atoms with Crippen molar-refractivity contribution >= 4 is 38.4 Å². The van der Waals surface area contributed by atoms with E-state index >= 15 is 0 Å². The highest BCUT2D eigenvalue weighted by atomic mass is 32.1. The number of pyridine rings is 2. The van der Waals surface area contributed by atoms with E-state index in [4.69, 9.17) is 10.2 Å². The zero-order valence-corrected chi connectivity index (χ0v) is 21.4. The number of hydrogen-bond acceptors (Lipinski definition) is 8. The van der Waals surface area contributed by atoms with Crippen molar-refractivity contribution in [1.82, 2.24) is 29.2 Å². The van der Waals surface area contributed by atoms with Crippen molar-refractivity contribution in [2.45, 2.75) is 58.3 Å². The quantitative estimate of drug-likeness (QED) is 0.407. The molecule has 35 heavy (non-hydrogen) atoms. The van der Waals surface area contributed by atoms with Crippen LogP contribution in [0.4, 0.5) is 5.69 Å². The molecule has 1 aliphatic rings.